The Morgan fingerprint density at radius 2 is 1.90 bits per heavy atom. The number of nitrogens with one attached hydrogen (secondary N) is 1. The molecule has 0 aliphatic carbocycles. The summed E-state index contributed by atoms with van der Waals surface area (Å²) in [5.74, 6) is 0.0946. The molecule has 3 rings (SSSR count). The largest absolute Gasteiger partial charge is 0.417 e. The second-order valence-electron chi connectivity index (χ2n) is 5.42. The number of nitro benzene ring substituents is 1. The molecule has 0 amide bonds. The number of nitro groups is 1. The molecule has 1 N–H and O–H groups in total. The number of hydrogen-bond donors (Lipinski definition) is 1. The molecule has 2 heterocycles. The molecular formula is C17H11F3N6O2S. The van der Waals surface area contributed by atoms with Crippen LogP contribution >= 0.6 is 11.8 Å². The van der Waals surface area contributed by atoms with E-state index < -0.39 is 16.7 Å². The lowest BCUT2D eigenvalue weighted by Crippen LogP contribution is -2.05. The summed E-state index contributed by atoms with van der Waals surface area (Å²) < 4.78 is 37.5. The Morgan fingerprint density at radius 3 is 2.52 bits per heavy atom. The molecule has 148 valence electrons. The smallest absolute Gasteiger partial charge is 0.261 e. The average Bonchev–Trinajstić information content (AvgIpc) is 2.69. The number of anilines is 1. The van der Waals surface area contributed by atoms with Gasteiger partial charge in [-0.05, 0) is 36.0 Å². The minimum atomic E-state index is -4.47. The summed E-state index contributed by atoms with van der Waals surface area (Å²) in [6.45, 7) is 0. The van der Waals surface area contributed by atoms with Crippen molar-refractivity contribution in [3.8, 4) is 0 Å². The van der Waals surface area contributed by atoms with Crippen molar-refractivity contribution in [2.24, 2.45) is 5.10 Å². The third-order valence-electron chi connectivity index (χ3n) is 3.41. The average molecular weight is 420 g/mol. The van der Waals surface area contributed by atoms with Crippen LogP contribution in [0.1, 0.15) is 11.1 Å². The number of hydrazone groups is 1. The van der Waals surface area contributed by atoms with Crippen molar-refractivity contribution in [3.05, 3.63) is 76.2 Å². The van der Waals surface area contributed by atoms with E-state index in [-0.39, 0.29) is 11.5 Å². The molecule has 3 aromatic rings. The molecule has 8 nitrogen and oxygen atoms in total. The Labute approximate surface area is 166 Å². The van der Waals surface area contributed by atoms with Crippen LogP contribution in [0.4, 0.5) is 24.7 Å². The van der Waals surface area contributed by atoms with Crippen molar-refractivity contribution < 1.29 is 18.1 Å². The highest BCUT2D eigenvalue weighted by molar-refractivity contribution is 7.99. The SMILES string of the molecule is O=[N+]([O-])c1cc(/C=N\Nc2ccc(C(F)(F)F)cn2)ccc1Sc1ncccn1. The van der Waals surface area contributed by atoms with E-state index in [0.717, 1.165) is 23.9 Å². The van der Waals surface area contributed by atoms with Crippen LogP contribution in [0.25, 0.3) is 0 Å². The molecule has 0 spiro atoms. The molecule has 0 fully saturated rings. The second-order valence-corrected chi connectivity index (χ2v) is 6.43. The van der Waals surface area contributed by atoms with Gasteiger partial charge in [0.1, 0.15) is 5.82 Å². The second kappa shape index (κ2) is 8.65. The fraction of sp³-hybridized carbons (Fsp3) is 0.0588. The fourth-order valence-electron chi connectivity index (χ4n) is 2.08. The zero-order valence-electron chi connectivity index (χ0n) is 14.4. The highest BCUT2D eigenvalue weighted by atomic mass is 32.2. The quantitative estimate of drug-likeness (QED) is 0.273. The third-order valence-corrected chi connectivity index (χ3v) is 4.37. The minimum absolute atomic E-state index is 0.0946. The van der Waals surface area contributed by atoms with E-state index in [4.69, 9.17) is 0 Å². The van der Waals surface area contributed by atoms with Crippen LogP contribution in [0.5, 0.6) is 0 Å². The van der Waals surface area contributed by atoms with Gasteiger partial charge in [-0.15, -0.1) is 0 Å². The summed E-state index contributed by atoms with van der Waals surface area (Å²) >= 11 is 1.05. The van der Waals surface area contributed by atoms with Crippen molar-refractivity contribution in [2.45, 2.75) is 16.2 Å². The fourth-order valence-corrected chi connectivity index (χ4v) is 2.88. The van der Waals surface area contributed by atoms with Gasteiger partial charge in [0, 0.05) is 30.2 Å². The van der Waals surface area contributed by atoms with Crippen molar-refractivity contribution >= 4 is 29.5 Å². The predicted molar refractivity (Wildman–Crippen MR) is 99.7 cm³/mol. The van der Waals surface area contributed by atoms with Crippen molar-refractivity contribution in [2.75, 3.05) is 5.43 Å². The Kier molecular flexibility index (Phi) is 6.02. The van der Waals surface area contributed by atoms with Crippen LogP contribution in [0.3, 0.4) is 0 Å². The van der Waals surface area contributed by atoms with E-state index in [9.17, 15) is 23.3 Å². The molecule has 0 unspecified atom stereocenters. The van der Waals surface area contributed by atoms with Gasteiger partial charge in [0.2, 0.25) is 0 Å². The van der Waals surface area contributed by atoms with Gasteiger partial charge in [0.15, 0.2) is 5.16 Å². The number of benzene rings is 1. The molecule has 0 atom stereocenters. The van der Waals surface area contributed by atoms with Crippen LogP contribution in [-0.4, -0.2) is 26.1 Å². The van der Waals surface area contributed by atoms with E-state index >= 15 is 0 Å². The molecule has 0 saturated heterocycles. The molecule has 0 radical (unpaired) electrons. The molecule has 0 saturated carbocycles. The van der Waals surface area contributed by atoms with Crippen molar-refractivity contribution in [1.82, 2.24) is 15.0 Å². The predicted octanol–water partition coefficient (Wildman–Crippen LogP) is 4.40. The first-order chi connectivity index (χ1) is 13.8. The number of aromatic nitrogens is 3. The monoisotopic (exact) mass is 420 g/mol. The summed E-state index contributed by atoms with van der Waals surface area (Å²) in [7, 11) is 0. The topological polar surface area (TPSA) is 106 Å². The van der Waals surface area contributed by atoms with Gasteiger partial charge in [0.25, 0.3) is 5.69 Å². The number of pyridine rings is 1. The van der Waals surface area contributed by atoms with Crippen LogP contribution in [0.15, 0.2) is 70.1 Å². The number of halogens is 3. The van der Waals surface area contributed by atoms with E-state index in [2.05, 4.69) is 25.5 Å². The minimum Gasteiger partial charge on any atom is -0.261 e. The van der Waals surface area contributed by atoms with Gasteiger partial charge in [-0.3, -0.25) is 15.5 Å². The van der Waals surface area contributed by atoms with Gasteiger partial charge in [0.05, 0.1) is 21.6 Å². The third kappa shape index (κ3) is 5.48. The van der Waals surface area contributed by atoms with Crippen LogP contribution < -0.4 is 5.43 Å². The van der Waals surface area contributed by atoms with Crippen LogP contribution in [0, 0.1) is 10.1 Å². The van der Waals surface area contributed by atoms with E-state index in [1.54, 1.807) is 12.1 Å². The standard InChI is InChI=1S/C17H11F3N6O2S/c18-17(19,20)12-3-5-15(23-10-12)25-24-9-11-2-4-14(13(8-11)26(27)28)29-16-21-6-1-7-22-16/h1-10H,(H,23,25)/b24-9-. The summed E-state index contributed by atoms with van der Waals surface area (Å²) in [4.78, 5) is 22.8. The summed E-state index contributed by atoms with van der Waals surface area (Å²) in [5, 5.41) is 15.6. The van der Waals surface area contributed by atoms with Crippen LogP contribution in [0.2, 0.25) is 0 Å². The lowest BCUT2D eigenvalue weighted by atomic mass is 10.2. The highest BCUT2D eigenvalue weighted by Gasteiger charge is 2.30. The van der Waals surface area contributed by atoms with Crippen molar-refractivity contribution in [3.63, 3.8) is 0 Å². The first kappa shape index (κ1) is 20.2. The number of alkyl halides is 3. The van der Waals surface area contributed by atoms with Gasteiger partial charge in [-0.1, -0.05) is 6.07 Å². The molecule has 0 aliphatic heterocycles. The first-order valence-electron chi connectivity index (χ1n) is 7.88. The maximum atomic E-state index is 12.5. The summed E-state index contributed by atoms with van der Waals surface area (Å²) in [6.07, 6.45) is 0.560. The van der Waals surface area contributed by atoms with Gasteiger partial charge in [-0.25, -0.2) is 15.0 Å². The van der Waals surface area contributed by atoms with E-state index in [1.165, 1.54) is 30.7 Å². The maximum Gasteiger partial charge on any atom is 0.417 e. The van der Waals surface area contributed by atoms with Gasteiger partial charge < -0.3 is 0 Å². The molecule has 0 bridgehead atoms. The molecular weight excluding hydrogens is 409 g/mol. The Balaban J connectivity index is 1.72. The lowest BCUT2D eigenvalue weighted by Gasteiger charge is -2.06. The normalized spacial score (nSPS) is 11.6. The number of rotatable bonds is 6. The first-order valence-corrected chi connectivity index (χ1v) is 8.70. The van der Waals surface area contributed by atoms with E-state index in [0.29, 0.717) is 21.8 Å². The molecule has 0 aliphatic rings. The molecule has 1 aromatic carbocycles. The molecule has 29 heavy (non-hydrogen) atoms. The van der Waals surface area contributed by atoms with Gasteiger partial charge in [-0.2, -0.15) is 18.3 Å². The van der Waals surface area contributed by atoms with Crippen LogP contribution in [-0.2, 0) is 6.18 Å². The Bertz CT molecular complexity index is 1030. The van der Waals surface area contributed by atoms with Gasteiger partial charge >= 0.3 is 6.18 Å². The molecule has 12 heteroatoms. The van der Waals surface area contributed by atoms with Crippen molar-refractivity contribution in [1.29, 1.82) is 0 Å². The van der Waals surface area contributed by atoms with E-state index in [1.807, 2.05) is 0 Å². The number of hydrogen-bond acceptors (Lipinski definition) is 8. The summed E-state index contributed by atoms with van der Waals surface area (Å²) in [6, 6.07) is 8.09. The molecule has 2 aromatic heterocycles. The maximum absolute atomic E-state index is 12.5. The summed E-state index contributed by atoms with van der Waals surface area (Å²) in [5.41, 5.74) is 1.85. The lowest BCUT2D eigenvalue weighted by molar-refractivity contribution is -0.387. The Morgan fingerprint density at radius 1 is 1.14 bits per heavy atom. The number of nitrogens with zero attached hydrogens (tertiary/aromatic N) is 5. The highest BCUT2D eigenvalue weighted by Crippen LogP contribution is 2.33. The Hall–Kier alpha value is -3.54. The zero-order valence-corrected chi connectivity index (χ0v) is 15.2. The zero-order chi connectivity index (χ0) is 20.9.